The van der Waals surface area contributed by atoms with Crippen molar-refractivity contribution in [2.45, 2.75) is 37.7 Å². The normalized spacial score (nSPS) is 12.1. The molecule has 0 saturated heterocycles. The molecule has 7 heteroatoms. The van der Waals surface area contributed by atoms with E-state index in [0.29, 0.717) is 11.7 Å². The number of nitrogens with one attached hydrogen (secondary N) is 1. The molecule has 0 aliphatic carbocycles. The lowest BCUT2D eigenvalue weighted by Crippen LogP contribution is -2.22. The average molecular weight is 356 g/mol. The third-order valence-corrected chi connectivity index (χ3v) is 4.91. The van der Waals surface area contributed by atoms with Crippen molar-refractivity contribution >= 4 is 23.4 Å². The van der Waals surface area contributed by atoms with Gasteiger partial charge in [0.15, 0.2) is 11.0 Å². The van der Waals surface area contributed by atoms with Crippen molar-refractivity contribution < 1.29 is 9.21 Å². The maximum atomic E-state index is 12.4. The molecule has 0 aliphatic heterocycles. The highest BCUT2D eigenvalue weighted by Gasteiger charge is 2.21. The lowest BCUT2D eigenvalue weighted by atomic mass is 10.2. The van der Waals surface area contributed by atoms with Gasteiger partial charge in [-0.3, -0.25) is 4.79 Å². The standard InChI is InChI=1S/C18H20N4O2S/c1-4-22-16(15-10-11-24-12(15)2)20-21-18(22)25-13(3)17(23)19-14-8-6-5-7-9-14/h5-11,13H,4H2,1-3H3,(H,19,23). The van der Waals surface area contributed by atoms with Gasteiger partial charge in [-0.15, -0.1) is 10.2 Å². The molecule has 6 nitrogen and oxygen atoms in total. The Bertz CT molecular complexity index is 857. The predicted molar refractivity (Wildman–Crippen MR) is 98.5 cm³/mol. The second kappa shape index (κ2) is 7.57. The molecule has 2 heterocycles. The second-order valence-electron chi connectivity index (χ2n) is 5.56. The predicted octanol–water partition coefficient (Wildman–Crippen LogP) is 3.99. The fourth-order valence-corrected chi connectivity index (χ4v) is 3.37. The Labute approximate surface area is 150 Å². The third-order valence-electron chi connectivity index (χ3n) is 3.83. The van der Waals surface area contributed by atoms with Gasteiger partial charge in [-0.2, -0.15) is 0 Å². The van der Waals surface area contributed by atoms with Crippen LogP contribution in [-0.4, -0.2) is 25.9 Å². The molecular formula is C18H20N4O2S. The first-order valence-corrected chi connectivity index (χ1v) is 8.98. The molecule has 2 aromatic heterocycles. The average Bonchev–Trinajstić information content (AvgIpc) is 3.21. The Morgan fingerprint density at radius 1 is 1.28 bits per heavy atom. The van der Waals surface area contributed by atoms with E-state index in [9.17, 15) is 4.79 Å². The molecule has 0 radical (unpaired) electrons. The highest BCUT2D eigenvalue weighted by atomic mass is 32.2. The van der Waals surface area contributed by atoms with E-state index in [-0.39, 0.29) is 11.2 Å². The zero-order valence-corrected chi connectivity index (χ0v) is 15.2. The van der Waals surface area contributed by atoms with Crippen molar-refractivity contribution in [3.63, 3.8) is 0 Å². The van der Waals surface area contributed by atoms with Crippen LogP contribution in [0.4, 0.5) is 5.69 Å². The number of benzene rings is 1. The third kappa shape index (κ3) is 3.76. The zero-order valence-electron chi connectivity index (χ0n) is 14.4. The Balaban J connectivity index is 1.75. The van der Waals surface area contributed by atoms with Crippen LogP contribution < -0.4 is 5.32 Å². The quantitative estimate of drug-likeness (QED) is 0.676. The van der Waals surface area contributed by atoms with E-state index in [0.717, 1.165) is 22.8 Å². The van der Waals surface area contributed by atoms with Crippen molar-refractivity contribution in [1.82, 2.24) is 14.8 Å². The van der Waals surface area contributed by atoms with Gasteiger partial charge in [-0.05, 0) is 39.0 Å². The van der Waals surface area contributed by atoms with Gasteiger partial charge in [0.2, 0.25) is 5.91 Å². The lowest BCUT2D eigenvalue weighted by molar-refractivity contribution is -0.115. The van der Waals surface area contributed by atoms with E-state index in [1.807, 2.05) is 61.7 Å². The number of anilines is 1. The highest BCUT2D eigenvalue weighted by molar-refractivity contribution is 8.00. The molecule has 1 unspecified atom stereocenters. The number of thioether (sulfide) groups is 1. The van der Waals surface area contributed by atoms with E-state index in [2.05, 4.69) is 15.5 Å². The number of rotatable bonds is 6. The minimum absolute atomic E-state index is 0.0668. The summed E-state index contributed by atoms with van der Waals surface area (Å²) >= 11 is 1.39. The van der Waals surface area contributed by atoms with Crippen LogP contribution in [0.5, 0.6) is 0 Å². The molecule has 1 N–H and O–H groups in total. The molecule has 0 spiro atoms. The number of amides is 1. The molecule has 130 valence electrons. The summed E-state index contributed by atoms with van der Waals surface area (Å²) in [6.45, 7) is 6.50. The van der Waals surface area contributed by atoms with Gasteiger partial charge in [0.1, 0.15) is 5.76 Å². The second-order valence-corrected chi connectivity index (χ2v) is 6.86. The maximum absolute atomic E-state index is 12.4. The van der Waals surface area contributed by atoms with E-state index < -0.39 is 0 Å². The molecule has 0 aliphatic rings. The van der Waals surface area contributed by atoms with Gasteiger partial charge in [0, 0.05) is 12.2 Å². The number of nitrogens with zero attached hydrogens (tertiary/aromatic N) is 3. The Morgan fingerprint density at radius 2 is 2.04 bits per heavy atom. The van der Waals surface area contributed by atoms with Crippen LogP contribution in [0.1, 0.15) is 19.6 Å². The number of furan rings is 1. The van der Waals surface area contributed by atoms with E-state index >= 15 is 0 Å². The van der Waals surface area contributed by atoms with E-state index in [1.54, 1.807) is 6.26 Å². The summed E-state index contributed by atoms with van der Waals surface area (Å²) in [5, 5.41) is 11.9. The first-order chi connectivity index (χ1) is 12.1. The fraction of sp³-hybridized carbons (Fsp3) is 0.278. The van der Waals surface area contributed by atoms with Gasteiger partial charge < -0.3 is 14.3 Å². The van der Waals surface area contributed by atoms with Crippen molar-refractivity contribution in [2.24, 2.45) is 0 Å². The van der Waals surface area contributed by atoms with Gasteiger partial charge >= 0.3 is 0 Å². The summed E-state index contributed by atoms with van der Waals surface area (Å²) in [6.07, 6.45) is 1.64. The number of carbonyl (C=O) groups excluding carboxylic acids is 1. The number of hydrogen-bond acceptors (Lipinski definition) is 5. The summed E-state index contributed by atoms with van der Waals surface area (Å²) in [5.74, 6) is 1.49. The van der Waals surface area contributed by atoms with Gasteiger partial charge in [-0.1, -0.05) is 30.0 Å². The fourth-order valence-electron chi connectivity index (χ4n) is 2.45. The van der Waals surface area contributed by atoms with Crippen molar-refractivity contribution in [3.05, 3.63) is 48.4 Å². The molecule has 1 amide bonds. The number of hydrogen-bond donors (Lipinski definition) is 1. The minimum atomic E-state index is -0.298. The molecule has 0 saturated carbocycles. The van der Waals surface area contributed by atoms with E-state index in [4.69, 9.17) is 4.42 Å². The molecule has 0 bridgehead atoms. The topological polar surface area (TPSA) is 73.0 Å². The molecule has 0 fully saturated rings. The summed E-state index contributed by atoms with van der Waals surface area (Å²) < 4.78 is 7.36. The molecule has 3 aromatic rings. The largest absolute Gasteiger partial charge is 0.469 e. The van der Waals surface area contributed by atoms with Gasteiger partial charge in [-0.25, -0.2) is 0 Å². The summed E-state index contributed by atoms with van der Waals surface area (Å²) in [6, 6.07) is 11.3. The van der Waals surface area contributed by atoms with Crippen LogP contribution in [0.15, 0.2) is 52.2 Å². The minimum Gasteiger partial charge on any atom is -0.469 e. The number of carbonyl (C=O) groups is 1. The molecule has 3 rings (SSSR count). The Kier molecular flexibility index (Phi) is 5.23. The summed E-state index contributed by atoms with van der Waals surface area (Å²) in [5.41, 5.74) is 1.70. The number of aryl methyl sites for hydroxylation is 1. The zero-order chi connectivity index (χ0) is 17.8. The number of para-hydroxylation sites is 1. The molecular weight excluding hydrogens is 336 g/mol. The highest BCUT2D eigenvalue weighted by Crippen LogP contribution is 2.29. The van der Waals surface area contributed by atoms with E-state index in [1.165, 1.54) is 11.8 Å². The number of aromatic nitrogens is 3. The lowest BCUT2D eigenvalue weighted by Gasteiger charge is -2.12. The van der Waals surface area contributed by atoms with Crippen LogP contribution in [0.25, 0.3) is 11.4 Å². The smallest absolute Gasteiger partial charge is 0.237 e. The van der Waals surface area contributed by atoms with Gasteiger partial charge in [0.05, 0.1) is 17.1 Å². The first kappa shape index (κ1) is 17.3. The monoisotopic (exact) mass is 356 g/mol. The van der Waals surface area contributed by atoms with Crippen molar-refractivity contribution in [3.8, 4) is 11.4 Å². The van der Waals surface area contributed by atoms with Crippen molar-refractivity contribution in [1.29, 1.82) is 0 Å². The van der Waals surface area contributed by atoms with Crippen LogP contribution in [0, 0.1) is 6.92 Å². The summed E-state index contributed by atoms with van der Waals surface area (Å²) in [7, 11) is 0. The van der Waals surface area contributed by atoms with Crippen LogP contribution in [-0.2, 0) is 11.3 Å². The Morgan fingerprint density at radius 3 is 2.68 bits per heavy atom. The first-order valence-electron chi connectivity index (χ1n) is 8.10. The van der Waals surface area contributed by atoms with Crippen molar-refractivity contribution in [2.75, 3.05) is 5.32 Å². The van der Waals surface area contributed by atoms with Crippen LogP contribution >= 0.6 is 11.8 Å². The maximum Gasteiger partial charge on any atom is 0.237 e. The van der Waals surface area contributed by atoms with Gasteiger partial charge in [0.25, 0.3) is 0 Å². The Hall–Kier alpha value is -2.54. The molecule has 25 heavy (non-hydrogen) atoms. The SMILES string of the molecule is CCn1c(SC(C)C(=O)Nc2ccccc2)nnc1-c1ccoc1C. The summed E-state index contributed by atoms with van der Waals surface area (Å²) in [4.78, 5) is 12.4. The van der Waals surface area contributed by atoms with Crippen LogP contribution in [0.2, 0.25) is 0 Å². The molecule has 1 aromatic carbocycles. The molecule has 1 atom stereocenters. The van der Waals surface area contributed by atoms with Crippen LogP contribution in [0.3, 0.4) is 0 Å².